The first-order valence-corrected chi connectivity index (χ1v) is 8.56. The molecule has 0 unspecified atom stereocenters. The average molecular weight is 345 g/mol. The predicted octanol–water partition coefficient (Wildman–Crippen LogP) is 2.58. The molecule has 0 saturated carbocycles. The van der Waals surface area contributed by atoms with Gasteiger partial charge in [-0.15, -0.1) is 0 Å². The molecule has 0 aromatic heterocycles. The summed E-state index contributed by atoms with van der Waals surface area (Å²) in [6.07, 6.45) is 7.50. The molecule has 5 nitrogen and oxygen atoms in total. The van der Waals surface area contributed by atoms with E-state index in [0.717, 1.165) is 56.4 Å². The zero-order valence-electron chi connectivity index (χ0n) is 15.9. The number of nitrogens with zero attached hydrogens (tertiary/aromatic N) is 3. The predicted molar refractivity (Wildman–Crippen MR) is 108 cm³/mol. The Morgan fingerprint density at radius 3 is 2.44 bits per heavy atom. The van der Waals surface area contributed by atoms with Crippen molar-refractivity contribution in [3.63, 3.8) is 0 Å². The molecular formula is C20H32N4O. The minimum atomic E-state index is 0.761. The van der Waals surface area contributed by atoms with Gasteiger partial charge < -0.3 is 15.0 Å². The Morgan fingerprint density at radius 2 is 1.88 bits per heavy atom. The number of hydrogen-bond donors (Lipinski definition) is 1. The van der Waals surface area contributed by atoms with Crippen molar-refractivity contribution >= 4 is 5.84 Å². The van der Waals surface area contributed by atoms with Crippen LogP contribution < -0.4 is 5.32 Å². The van der Waals surface area contributed by atoms with Crippen molar-refractivity contribution in [2.24, 2.45) is 4.99 Å². The minimum absolute atomic E-state index is 0.761. The minimum Gasteiger partial charge on any atom is -0.383 e. The number of ether oxygens (including phenoxy) is 1. The Morgan fingerprint density at radius 1 is 1.20 bits per heavy atom. The molecule has 0 aliphatic carbocycles. The number of hydrogen-bond acceptors (Lipinski definition) is 4. The summed E-state index contributed by atoms with van der Waals surface area (Å²) in [6, 6.07) is 0. The largest absolute Gasteiger partial charge is 0.383 e. The lowest BCUT2D eigenvalue weighted by Gasteiger charge is -2.36. The van der Waals surface area contributed by atoms with E-state index in [4.69, 9.17) is 4.74 Å². The summed E-state index contributed by atoms with van der Waals surface area (Å²) in [4.78, 5) is 9.12. The molecule has 1 fully saturated rings. The number of nitrogens with one attached hydrogen (secondary N) is 1. The van der Waals surface area contributed by atoms with Gasteiger partial charge in [-0.25, -0.2) is 0 Å². The summed E-state index contributed by atoms with van der Waals surface area (Å²) in [5.41, 5.74) is 2.81. The molecule has 5 heteroatoms. The maximum Gasteiger partial charge on any atom is 0.126 e. The molecule has 1 rings (SSSR count). The van der Waals surface area contributed by atoms with E-state index in [9.17, 15) is 0 Å². The van der Waals surface area contributed by atoms with Crippen LogP contribution in [0.2, 0.25) is 0 Å². The van der Waals surface area contributed by atoms with Crippen molar-refractivity contribution in [1.29, 1.82) is 0 Å². The molecule has 0 aromatic carbocycles. The monoisotopic (exact) mass is 344 g/mol. The van der Waals surface area contributed by atoms with Gasteiger partial charge in [0, 0.05) is 58.3 Å². The van der Waals surface area contributed by atoms with Gasteiger partial charge in [0.05, 0.1) is 6.61 Å². The fourth-order valence-corrected chi connectivity index (χ4v) is 2.47. The molecule has 0 aromatic rings. The van der Waals surface area contributed by atoms with E-state index in [0.29, 0.717) is 0 Å². The highest BCUT2D eigenvalue weighted by Crippen LogP contribution is 2.09. The van der Waals surface area contributed by atoms with Crippen molar-refractivity contribution < 1.29 is 4.74 Å². The highest BCUT2D eigenvalue weighted by Gasteiger charge is 2.16. The van der Waals surface area contributed by atoms with Crippen molar-refractivity contribution in [2.75, 3.05) is 53.5 Å². The Balaban J connectivity index is 2.55. The van der Waals surface area contributed by atoms with E-state index in [1.807, 2.05) is 12.2 Å². The van der Waals surface area contributed by atoms with Crippen molar-refractivity contribution in [3.05, 3.63) is 61.0 Å². The average Bonchev–Trinajstić information content (AvgIpc) is 2.64. The summed E-state index contributed by atoms with van der Waals surface area (Å²) in [5.74, 6) is 0.790. The van der Waals surface area contributed by atoms with Crippen LogP contribution in [-0.2, 0) is 4.74 Å². The molecular weight excluding hydrogens is 312 g/mol. The van der Waals surface area contributed by atoms with Crippen LogP contribution in [0.25, 0.3) is 0 Å². The number of allylic oxidation sites excluding steroid dienone is 5. The molecule has 1 N–H and O–H groups in total. The summed E-state index contributed by atoms with van der Waals surface area (Å²) >= 11 is 0. The molecule has 138 valence electrons. The number of methoxy groups -OCH3 is 1. The first-order valence-electron chi connectivity index (χ1n) is 8.56. The molecule has 1 saturated heterocycles. The maximum absolute atomic E-state index is 5.15. The number of rotatable bonds is 9. The summed E-state index contributed by atoms with van der Waals surface area (Å²) in [5, 5.41) is 3.22. The molecule has 1 heterocycles. The standard InChI is InChI=1S/C20H32N4O/c1-7-17(2)8-9-18(3)22-20(21-5)16-19(4)24-12-10-23(11-13-24)14-15-25-6/h7-9,16H,1-3,10-15H2,4-6H3,(H,21,22)/b9-8+,19-16+. The zero-order chi connectivity index (χ0) is 18.7. The molecule has 0 amide bonds. The van der Waals surface area contributed by atoms with Crippen LogP contribution >= 0.6 is 0 Å². The first kappa shape index (κ1) is 20.9. The number of amidine groups is 1. The smallest absolute Gasteiger partial charge is 0.126 e. The SMILES string of the molecule is C=CC(=C)/C=C/C(=C)NC(/C=C(\C)N1CCN(CCOC)CC1)=NC. The van der Waals surface area contributed by atoms with Gasteiger partial charge in [-0.2, -0.15) is 0 Å². The van der Waals surface area contributed by atoms with Gasteiger partial charge >= 0.3 is 0 Å². The van der Waals surface area contributed by atoms with E-state index in [1.165, 1.54) is 5.70 Å². The Hall–Kier alpha value is -2.11. The third-order valence-corrected chi connectivity index (χ3v) is 4.12. The van der Waals surface area contributed by atoms with E-state index in [2.05, 4.69) is 52.8 Å². The third kappa shape index (κ3) is 8.01. The van der Waals surface area contributed by atoms with Crippen molar-refractivity contribution in [2.45, 2.75) is 6.92 Å². The van der Waals surface area contributed by atoms with Gasteiger partial charge in [-0.05, 0) is 24.6 Å². The molecule has 0 atom stereocenters. The van der Waals surface area contributed by atoms with Gasteiger partial charge in [0.15, 0.2) is 0 Å². The van der Waals surface area contributed by atoms with Crippen LogP contribution in [0, 0.1) is 0 Å². The molecule has 1 aliphatic rings. The van der Waals surface area contributed by atoms with Crippen molar-refractivity contribution in [3.8, 4) is 0 Å². The molecule has 0 radical (unpaired) electrons. The first-order chi connectivity index (χ1) is 12.0. The molecule has 25 heavy (non-hydrogen) atoms. The third-order valence-electron chi connectivity index (χ3n) is 4.12. The van der Waals surface area contributed by atoms with E-state index >= 15 is 0 Å². The summed E-state index contributed by atoms with van der Waals surface area (Å²) < 4.78 is 5.15. The molecule has 1 aliphatic heterocycles. The normalized spacial score (nSPS) is 17.0. The molecule has 0 bridgehead atoms. The highest BCUT2D eigenvalue weighted by molar-refractivity contribution is 5.94. The van der Waals surface area contributed by atoms with Crippen LogP contribution in [0.15, 0.2) is 66.0 Å². The molecule has 0 spiro atoms. The lowest BCUT2D eigenvalue weighted by Crippen LogP contribution is -2.46. The van der Waals surface area contributed by atoms with Crippen LogP contribution in [0.4, 0.5) is 0 Å². The van der Waals surface area contributed by atoms with Gasteiger partial charge in [-0.1, -0.05) is 31.9 Å². The van der Waals surface area contributed by atoms with Crippen LogP contribution in [0.1, 0.15) is 6.92 Å². The second-order valence-electron chi connectivity index (χ2n) is 5.98. The number of aliphatic imine (C=N–C) groups is 1. The second kappa shape index (κ2) is 11.4. The summed E-state index contributed by atoms with van der Waals surface area (Å²) in [6.45, 7) is 19.6. The van der Waals surface area contributed by atoms with Gasteiger partial charge in [-0.3, -0.25) is 9.89 Å². The van der Waals surface area contributed by atoms with Gasteiger partial charge in [0.1, 0.15) is 5.84 Å². The van der Waals surface area contributed by atoms with E-state index < -0.39 is 0 Å². The van der Waals surface area contributed by atoms with Crippen LogP contribution in [0.3, 0.4) is 0 Å². The van der Waals surface area contributed by atoms with Gasteiger partial charge in [0.2, 0.25) is 0 Å². The fourth-order valence-electron chi connectivity index (χ4n) is 2.47. The summed E-state index contributed by atoms with van der Waals surface area (Å²) in [7, 11) is 3.52. The maximum atomic E-state index is 5.15. The zero-order valence-corrected chi connectivity index (χ0v) is 15.9. The van der Waals surface area contributed by atoms with E-state index in [-0.39, 0.29) is 0 Å². The quantitative estimate of drug-likeness (QED) is 0.396. The highest BCUT2D eigenvalue weighted by atomic mass is 16.5. The fraction of sp³-hybridized carbons (Fsp3) is 0.450. The second-order valence-corrected chi connectivity index (χ2v) is 5.98. The Labute approximate surface area is 152 Å². The Bertz CT molecular complexity index is 552. The Kier molecular flexibility index (Phi) is 9.58. The van der Waals surface area contributed by atoms with Gasteiger partial charge in [0.25, 0.3) is 0 Å². The lowest BCUT2D eigenvalue weighted by atomic mass is 10.2. The number of piperazine rings is 1. The lowest BCUT2D eigenvalue weighted by molar-refractivity contribution is 0.110. The van der Waals surface area contributed by atoms with E-state index in [1.54, 1.807) is 20.2 Å². The van der Waals surface area contributed by atoms with Crippen LogP contribution in [-0.4, -0.2) is 69.1 Å². The van der Waals surface area contributed by atoms with Crippen molar-refractivity contribution in [1.82, 2.24) is 15.1 Å². The van der Waals surface area contributed by atoms with Crippen LogP contribution in [0.5, 0.6) is 0 Å². The topological polar surface area (TPSA) is 40.1 Å².